The maximum absolute atomic E-state index is 5.99. The molecule has 0 bridgehead atoms. The molecule has 3 atom stereocenters. The summed E-state index contributed by atoms with van der Waals surface area (Å²) in [5.74, 6) is 2.60. The summed E-state index contributed by atoms with van der Waals surface area (Å²) in [5, 5.41) is 13.0. The fraction of sp³-hybridized carbons (Fsp3) is 0.550. The fourth-order valence-electron chi connectivity index (χ4n) is 5.08. The van der Waals surface area contributed by atoms with Crippen molar-refractivity contribution in [1.29, 1.82) is 0 Å². The number of nitrogens with two attached hydrogens (primary N) is 1. The molecule has 0 unspecified atom stereocenters. The minimum atomic E-state index is 0.320. The predicted octanol–water partition coefficient (Wildman–Crippen LogP) is 2.03. The number of hydrogen-bond donors (Lipinski definition) is 2. The lowest BCUT2D eigenvalue weighted by atomic mass is 10.1. The number of H-pyrrole nitrogens is 1. The number of nitrogen functional groups attached to an aromatic ring is 1. The maximum atomic E-state index is 5.99. The summed E-state index contributed by atoms with van der Waals surface area (Å²) >= 11 is 0. The van der Waals surface area contributed by atoms with E-state index < -0.39 is 0 Å². The molecule has 1 saturated carbocycles. The van der Waals surface area contributed by atoms with Gasteiger partial charge in [0.15, 0.2) is 0 Å². The summed E-state index contributed by atoms with van der Waals surface area (Å²) in [6.07, 6.45) is 3.53. The van der Waals surface area contributed by atoms with Gasteiger partial charge in [-0.1, -0.05) is 0 Å². The lowest BCUT2D eigenvalue weighted by Gasteiger charge is -2.35. The highest BCUT2D eigenvalue weighted by molar-refractivity contribution is 5.97. The number of anilines is 1. The van der Waals surface area contributed by atoms with Gasteiger partial charge in [0, 0.05) is 42.5 Å². The molecular weight excluding hydrogens is 354 g/mol. The Kier molecular flexibility index (Phi) is 3.40. The first-order valence-corrected chi connectivity index (χ1v) is 10.1. The molecule has 8 nitrogen and oxygen atoms in total. The first-order valence-electron chi connectivity index (χ1n) is 10.1. The SMILES string of the molecule is CC(C)n1nc(-c2cnc(N)c3cn[nH]c23)cc1[C@@H]1[C@@H]2CN(C3COC3)C[C@@H]21. The van der Waals surface area contributed by atoms with Gasteiger partial charge in [0.05, 0.1) is 42.0 Å². The van der Waals surface area contributed by atoms with Crippen LogP contribution in [0.15, 0.2) is 18.5 Å². The van der Waals surface area contributed by atoms with Crippen molar-refractivity contribution < 1.29 is 4.74 Å². The van der Waals surface area contributed by atoms with Crippen LogP contribution in [0.25, 0.3) is 22.2 Å². The average molecular weight is 379 g/mol. The molecule has 146 valence electrons. The van der Waals surface area contributed by atoms with Gasteiger partial charge in [-0.3, -0.25) is 14.7 Å². The molecule has 28 heavy (non-hydrogen) atoms. The Bertz CT molecular complexity index is 1040. The van der Waals surface area contributed by atoms with Crippen molar-refractivity contribution in [1.82, 2.24) is 29.9 Å². The van der Waals surface area contributed by atoms with Crippen LogP contribution in [0.3, 0.4) is 0 Å². The second-order valence-electron chi connectivity index (χ2n) is 8.71. The van der Waals surface area contributed by atoms with Crippen LogP contribution in [0, 0.1) is 11.8 Å². The van der Waals surface area contributed by atoms with E-state index in [1.54, 1.807) is 12.4 Å². The molecular formula is C20H25N7O. The van der Waals surface area contributed by atoms with Crippen LogP contribution in [0.4, 0.5) is 5.82 Å². The highest BCUT2D eigenvalue weighted by Gasteiger charge is 2.58. The molecule has 3 aromatic rings. The topological polar surface area (TPSA) is 97.9 Å². The number of likely N-dealkylation sites (tertiary alicyclic amines) is 1. The number of hydrogen-bond acceptors (Lipinski definition) is 6. The minimum Gasteiger partial charge on any atom is -0.383 e. The van der Waals surface area contributed by atoms with Gasteiger partial charge in [0.2, 0.25) is 0 Å². The number of nitrogens with one attached hydrogen (secondary N) is 1. The van der Waals surface area contributed by atoms with E-state index in [9.17, 15) is 0 Å². The molecule has 6 rings (SSSR count). The van der Waals surface area contributed by atoms with Crippen molar-refractivity contribution in [3.05, 3.63) is 24.2 Å². The van der Waals surface area contributed by atoms with Crippen LogP contribution >= 0.6 is 0 Å². The van der Waals surface area contributed by atoms with Crippen LogP contribution < -0.4 is 5.73 Å². The largest absolute Gasteiger partial charge is 0.383 e. The molecule has 0 aromatic carbocycles. The van der Waals surface area contributed by atoms with Gasteiger partial charge in [-0.2, -0.15) is 10.2 Å². The molecule has 0 spiro atoms. The Balaban J connectivity index is 1.34. The maximum Gasteiger partial charge on any atom is 0.134 e. The zero-order valence-electron chi connectivity index (χ0n) is 16.2. The molecule has 3 aliphatic rings. The van der Waals surface area contributed by atoms with E-state index in [4.69, 9.17) is 15.6 Å². The Morgan fingerprint density at radius 3 is 2.68 bits per heavy atom. The second-order valence-corrected chi connectivity index (χ2v) is 8.71. The first kappa shape index (κ1) is 16.5. The minimum absolute atomic E-state index is 0.320. The fourth-order valence-corrected chi connectivity index (χ4v) is 5.08. The number of aromatic amines is 1. The van der Waals surface area contributed by atoms with Crippen molar-refractivity contribution in [2.75, 3.05) is 32.0 Å². The highest BCUT2D eigenvalue weighted by Crippen LogP contribution is 2.59. The Labute approximate surface area is 163 Å². The number of pyridine rings is 1. The number of nitrogens with zero attached hydrogens (tertiary/aromatic N) is 5. The van der Waals surface area contributed by atoms with E-state index in [2.05, 4.69) is 44.7 Å². The zero-order valence-corrected chi connectivity index (χ0v) is 16.2. The Morgan fingerprint density at radius 2 is 2.00 bits per heavy atom. The van der Waals surface area contributed by atoms with Gasteiger partial charge in [-0.15, -0.1) is 0 Å². The summed E-state index contributed by atoms with van der Waals surface area (Å²) in [6, 6.07) is 3.22. The summed E-state index contributed by atoms with van der Waals surface area (Å²) in [4.78, 5) is 6.97. The molecule has 0 amide bonds. The van der Waals surface area contributed by atoms with E-state index in [1.165, 1.54) is 18.8 Å². The van der Waals surface area contributed by atoms with E-state index in [0.29, 0.717) is 23.8 Å². The third kappa shape index (κ3) is 2.28. The lowest BCUT2D eigenvalue weighted by Crippen LogP contribution is -2.48. The van der Waals surface area contributed by atoms with E-state index in [0.717, 1.165) is 47.2 Å². The van der Waals surface area contributed by atoms with Crippen LogP contribution in [0.2, 0.25) is 0 Å². The molecule has 8 heteroatoms. The van der Waals surface area contributed by atoms with Crippen molar-refractivity contribution in [3.63, 3.8) is 0 Å². The van der Waals surface area contributed by atoms with Gasteiger partial charge >= 0.3 is 0 Å². The van der Waals surface area contributed by atoms with E-state index in [-0.39, 0.29) is 0 Å². The van der Waals surface area contributed by atoms with Gasteiger partial charge < -0.3 is 10.5 Å². The van der Waals surface area contributed by atoms with Crippen LogP contribution in [-0.2, 0) is 4.74 Å². The predicted molar refractivity (Wildman–Crippen MR) is 106 cm³/mol. The van der Waals surface area contributed by atoms with Crippen LogP contribution in [-0.4, -0.2) is 62.2 Å². The zero-order chi connectivity index (χ0) is 19.0. The monoisotopic (exact) mass is 379 g/mol. The molecule has 2 aliphatic heterocycles. The Hall–Kier alpha value is -2.45. The number of fused-ring (bicyclic) bond motifs is 2. The van der Waals surface area contributed by atoms with Crippen molar-refractivity contribution >= 4 is 16.7 Å². The van der Waals surface area contributed by atoms with Crippen LogP contribution in [0.1, 0.15) is 31.5 Å². The summed E-state index contributed by atoms with van der Waals surface area (Å²) < 4.78 is 7.57. The molecule has 2 saturated heterocycles. The molecule has 5 heterocycles. The first-order chi connectivity index (χ1) is 13.6. The standard InChI is InChI=1S/C20H25N7O/c1-10(2)27-17(18-14-6-26(7-15(14)18)11-8-28-9-11)3-16(25-27)12-4-22-20(21)13-5-23-24-19(12)13/h3-5,10-11,14-15,18H,6-9H2,1-2H3,(H2,21,22)(H,23,24)/t14-,15+,18-. The number of aromatic nitrogens is 5. The van der Waals surface area contributed by atoms with Gasteiger partial charge in [0.25, 0.3) is 0 Å². The van der Waals surface area contributed by atoms with Crippen molar-refractivity contribution in [3.8, 4) is 11.3 Å². The van der Waals surface area contributed by atoms with Crippen LogP contribution in [0.5, 0.6) is 0 Å². The van der Waals surface area contributed by atoms with Gasteiger partial charge in [0.1, 0.15) is 5.82 Å². The van der Waals surface area contributed by atoms with E-state index in [1.807, 2.05) is 0 Å². The van der Waals surface area contributed by atoms with Gasteiger partial charge in [-0.05, 0) is 31.7 Å². The molecule has 3 N–H and O–H groups in total. The van der Waals surface area contributed by atoms with Gasteiger partial charge in [-0.25, -0.2) is 4.98 Å². The highest BCUT2D eigenvalue weighted by atomic mass is 16.5. The van der Waals surface area contributed by atoms with E-state index >= 15 is 0 Å². The summed E-state index contributed by atoms with van der Waals surface area (Å²) in [7, 11) is 0. The third-order valence-electron chi connectivity index (χ3n) is 6.75. The Morgan fingerprint density at radius 1 is 1.21 bits per heavy atom. The molecule has 0 radical (unpaired) electrons. The molecule has 3 aromatic heterocycles. The normalized spacial score (nSPS) is 27.5. The van der Waals surface area contributed by atoms with Crippen molar-refractivity contribution in [2.24, 2.45) is 11.8 Å². The quantitative estimate of drug-likeness (QED) is 0.720. The second kappa shape index (κ2) is 5.78. The smallest absolute Gasteiger partial charge is 0.134 e. The molecule has 1 aliphatic carbocycles. The number of ether oxygens (including phenoxy) is 1. The third-order valence-corrected chi connectivity index (χ3v) is 6.75. The lowest BCUT2D eigenvalue weighted by molar-refractivity contribution is -0.0610. The summed E-state index contributed by atoms with van der Waals surface area (Å²) in [6.45, 7) is 8.59. The number of piperidine rings is 1. The average Bonchev–Trinajstić information content (AvgIpc) is 3.11. The van der Waals surface area contributed by atoms with Crippen molar-refractivity contribution in [2.45, 2.75) is 31.8 Å². The summed E-state index contributed by atoms with van der Waals surface area (Å²) in [5.41, 5.74) is 10.2. The number of rotatable bonds is 4. The molecule has 3 fully saturated rings.